The number of aliphatic hydroxyl groups is 1. The molecule has 1 aliphatic heterocycles. The number of nitrogens with one attached hydrogen (secondary N) is 1. The van der Waals surface area contributed by atoms with Crippen molar-refractivity contribution in [1.29, 1.82) is 0 Å². The first-order chi connectivity index (χ1) is 4.20. The number of hydrogen-bond acceptors (Lipinski definition) is 3. The van der Waals surface area contributed by atoms with E-state index in [-0.39, 0.29) is 0 Å². The molecule has 5 nitrogen and oxygen atoms in total. The van der Waals surface area contributed by atoms with Crippen molar-refractivity contribution in [2.75, 3.05) is 7.05 Å². The van der Waals surface area contributed by atoms with Crippen LogP contribution in [0.1, 0.15) is 0 Å². The van der Waals surface area contributed by atoms with Gasteiger partial charge in [-0.1, -0.05) is 0 Å². The topological polar surface area (TPSA) is 64.9 Å². The minimum atomic E-state index is -0.576. The number of rotatable bonds is 0. The summed E-state index contributed by atoms with van der Waals surface area (Å²) in [6, 6.07) is 0. The Balaban J connectivity index is 2.72. The fourth-order valence-corrected chi connectivity index (χ4v) is 0.440. The fourth-order valence-electron chi connectivity index (χ4n) is 0.440. The maximum absolute atomic E-state index is 10.4. The summed E-state index contributed by atoms with van der Waals surface area (Å²) < 4.78 is 0. The maximum Gasteiger partial charge on any atom is 0.309 e. The summed E-state index contributed by atoms with van der Waals surface area (Å²) in [5.41, 5.74) is 0. The minimum Gasteiger partial charge on any atom is -0.488 e. The van der Waals surface area contributed by atoms with Gasteiger partial charge in [-0.05, 0) is 0 Å². The van der Waals surface area contributed by atoms with Crippen LogP contribution in [0.25, 0.3) is 0 Å². The molecule has 9 heavy (non-hydrogen) atoms. The van der Waals surface area contributed by atoms with Crippen LogP contribution in [0.5, 0.6) is 0 Å². The van der Waals surface area contributed by atoms with E-state index in [4.69, 9.17) is 5.11 Å². The average Bonchev–Trinajstić information content (AvgIpc) is 1.80. The van der Waals surface area contributed by atoms with Crippen LogP contribution in [-0.2, 0) is 4.79 Å². The second kappa shape index (κ2) is 1.93. The molecular weight excluding hydrogens is 122 g/mol. The van der Waals surface area contributed by atoms with Crippen LogP contribution in [0.15, 0.2) is 5.10 Å². The Morgan fingerprint density at radius 1 is 1.89 bits per heavy atom. The summed E-state index contributed by atoms with van der Waals surface area (Å²) in [4.78, 5) is 10.4. The van der Waals surface area contributed by atoms with E-state index >= 15 is 0 Å². The number of amides is 1. The second-order valence-electron chi connectivity index (χ2n) is 1.60. The van der Waals surface area contributed by atoms with Gasteiger partial charge in [0, 0.05) is 7.05 Å². The van der Waals surface area contributed by atoms with Gasteiger partial charge >= 0.3 is 5.91 Å². The number of hydrogen-bond donors (Lipinski definition) is 2. The van der Waals surface area contributed by atoms with Crippen LogP contribution >= 0.6 is 0 Å². The molecule has 0 aromatic heterocycles. The van der Waals surface area contributed by atoms with Gasteiger partial charge < -0.3 is 10.4 Å². The second-order valence-corrected chi connectivity index (χ2v) is 1.60. The van der Waals surface area contributed by atoms with E-state index in [1.54, 1.807) is 7.05 Å². The molecule has 5 heteroatoms. The first-order valence-electron chi connectivity index (χ1n) is 2.35. The predicted molar refractivity (Wildman–Crippen MR) is 30.3 cm³/mol. The molecule has 1 heterocycles. The van der Waals surface area contributed by atoms with Crippen LogP contribution in [0.2, 0.25) is 0 Å². The molecule has 2 N–H and O–H groups in total. The molecule has 1 amide bonds. The van der Waals surface area contributed by atoms with Crippen molar-refractivity contribution in [2.24, 2.45) is 5.10 Å². The lowest BCUT2D eigenvalue weighted by Crippen LogP contribution is -2.39. The molecular formula is C4H6N3O2. The Morgan fingerprint density at radius 3 is 3.00 bits per heavy atom. The fraction of sp³-hybridized carbons (Fsp3) is 0.250. The van der Waals surface area contributed by atoms with E-state index in [1.807, 2.05) is 0 Å². The Morgan fingerprint density at radius 2 is 2.56 bits per heavy atom. The molecule has 0 atom stereocenters. The molecule has 0 aromatic rings. The van der Waals surface area contributed by atoms with E-state index in [0.717, 1.165) is 0 Å². The van der Waals surface area contributed by atoms with Gasteiger partial charge in [-0.3, -0.25) is 9.80 Å². The highest BCUT2D eigenvalue weighted by molar-refractivity contribution is 6.34. The Bertz CT molecular complexity index is 165. The Hall–Kier alpha value is -1.26. The molecule has 0 spiro atoms. The van der Waals surface area contributed by atoms with Crippen molar-refractivity contribution in [3.8, 4) is 0 Å². The van der Waals surface area contributed by atoms with Gasteiger partial charge in [0.25, 0.3) is 5.90 Å². The molecule has 0 saturated heterocycles. The zero-order chi connectivity index (χ0) is 6.85. The zero-order valence-corrected chi connectivity index (χ0v) is 4.83. The van der Waals surface area contributed by atoms with Crippen LogP contribution < -0.4 is 5.32 Å². The Kier molecular flexibility index (Phi) is 1.26. The number of carbonyl (C=O) groups excluding carboxylic acids is 1. The van der Waals surface area contributed by atoms with E-state index in [2.05, 4.69) is 10.4 Å². The van der Waals surface area contributed by atoms with Gasteiger partial charge in [-0.25, -0.2) is 0 Å². The highest BCUT2D eigenvalue weighted by atomic mass is 16.3. The smallest absolute Gasteiger partial charge is 0.309 e. The highest BCUT2D eigenvalue weighted by Crippen LogP contribution is 1.92. The molecule has 0 fully saturated rings. The van der Waals surface area contributed by atoms with Crippen molar-refractivity contribution >= 4 is 11.8 Å². The van der Waals surface area contributed by atoms with Crippen molar-refractivity contribution < 1.29 is 9.90 Å². The standard InChI is InChI=1S/C4H6N3O2/c1-7-2-5-3(8)4(9)6-7/h2H,1H3,(H,5,8)(H,6,9). The lowest BCUT2D eigenvalue weighted by molar-refractivity contribution is -0.116. The number of hydrazone groups is 1. The highest BCUT2D eigenvalue weighted by Gasteiger charge is 2.15. The third kappa shape index (κ3) is 1.10. The van der Waals surface area contributed by atoms with Gasteiger partial charge in [-0.15, -0.1) is 5.10 Å². The van der Waals surface area contributed by atoms with Crippen LogP contribution in [0.3, 0.4) is 0 Å². The normalized spacial score (nSPS) is 19.0. The van der Waals surface area contributed by atoms with E-state index < -0.39 is 11.8 Å². The van der Waals surface area contributed by atoms with E-state index in [9.17, 15) is 4.79 Å². The average molecular weight is 128 g/mol. The summed E-state index contributed by atoms with van der Waals surface area (Å²) in [6.45, 7) is 1.35. The number of carbonyl (C=O) groups is 1. The minimum absolute atomic E-state index is 0.514. The summed E-state index contributed by atoms with van der Waals surface area (Å²) in [5.74, 6) is -1.09. The molecule has 0 saturated carbocycles. The lowest BCUT2D eigenvalue weighted by Gasteiger charge is -2.16. The van der Waals surface area contributed by atoms with Crippen LogP contribution in [0.4, 0.5) is 0 Å². The van der Waals surface area contributed by atoms with Gasteiger partial charge in [0.15, 0.2) is 6.67 Å². The van der Waals surface area contributed by atoms with Gasteiger partial charge in [0.2, 0.25) is 0 Å². The quantitative estimate of drug-likeness (QED) is 0.441. The molecule has 0 aromatic carbocycles. The summed E-state index contributed by atoms with van der Waals surface area (Å²) in [6.07, 6.45) is 0. The SMILES string of the molecule is CN1[CH]NC(=O)C(O)=N1. The molecule has 1 rings (SSSR count). The lowest BCUT2D eigenvalue weighted by atomic mass is 10.6. The predicted octanol–water partition coefficient (Wildman–Crippen LogP) is -0.961. The largest absolute Gasteiger partial charge is 0.488 e. The van der Waals surface area contributed by atoms with Crippen molar-refractivity contribution in [3.05, 3.63) is 6.67 Å². The van der Waals surface area contributed by atoms with E-state index in [0.29, 0.717) is 0 Å². The third-order valence-electron chi connectivity index (χ3n) is 0.838. The van der Waals surface area contributed by atoms with Crippen molar-refractivity contribution in [3.63, 3.8) is 0 Å². The number of aliphatic hydroxyl groups excluding tert-OH is 1. The number of nitrogens with zero attached hydrogens (tertiary/aromatic N) is 2. The van der Waals surface area contributed by atoms with E-state index in [1.165, 1.54) is 11.7 Å². The zero-order valence-electron chi connectivity index (χ0n) is 4.83. The molecule has 49 valence electrons. The maximum atomic E-state index is 10.4. The van der Waals surface area contributed by atoms with Gasteiger partial charge in [0.05, 0.1) is 0 Å². The monoisotopic (exact) mass is 128 g/mol. The first kappa shape index (κ1) is 5.87. The molecule has 1 aliphatic rings. The first-order valence-corrected chi connectivity index (χ1v) is 2.35. The summed E-state index contributed by atoms with van der Waals surface area (Å²) in [5, 5.41) is 15.6. The molecule has 0 bridgehead atoms. The third-order valence-corrected chi connectivity index (χ3v) is 0.838. The van der Waals surface area contributed by atoms with Crippen molar-refractivity contribution in [1.82, 2.24) is 10.3 Å². The summed E-state index contributed by atoms with van der Waals surface area (Å²) in [7, 11) is 1.59. The van der Waals surface area contributed by atoms with Crippen molar-refractivity contribution in [2.45, 2.75) is 0 Å². The molecule has 0 unspecified atom stereocenters. The summed E-state index contributed by atoms with van der Waals surface area (Å²) >= 11 is 0. The molecule has 0 aliphatic carbocycles. The van der Waals surface area contributed by atoms with Crippen LogP contribution in [0, 0.1) is 6.67 Å². The Labute approximate surface area is 52.0 Å². The van der Waals surface area contributed by atoms with Crippen LogP contribution in [-0.4, -0.2) is 29.0 Å². The van der Waals surface area contributed by atoms with Gasteiger partial charge in [0.1, 0.15) is 0 Å². The molecule has 1 radical (unpaired) electrons. The van der Waals surface area contributed by atoms with Gasteiger partial charge in [-0.2, -0.15) is 0 Å².